The molecule has 0 heterocycles. The van der Waals surface area contributed by atoms with Crippen molar-refractivity contribution in [3.63, 3.8) is 0 Å². The van der Waals surface area contributed by atoms with Crippen molar-refractivity contribution in [2.24, 2.45) is 15.9 Å². The van der Waals surface area contributed by atoms with Crippen molar-refractivity contribution >= 4 is 17.9 Å². The summed E-state index contributed by atoms with van der Waals surface area (Å²) in [5.41, 5.74) is -0.155. The first-order valence-corrected chi connectivity index (χ1v) is 2.15. The summed E-state index contributed by atoms with van der Waals surface area (Å²) in [5, 5.41) is 11.2. The molecule has 0 amide bonds. The average Bonchev–Trinajstić information content (AvgIpc) is 1.82. The van der Waals surface area contributed by atoms with Crippen molar-refractivity contribution in [2.45, 2.75) is 0 Å². The van der Waals surface area contributed by atoms with Gasteiger partial charge in [-0.1, -0.05) is 0 Å². The van der Waals surface area contributed by atoms with E-state index in [9.17, 15) is 4.79 Å². The Labute approximate surface area is 51.9 Å². The fourth-order valence-electron chi connectivity index (χ4n) is 0.279. The van der Waals surface area contributed by atoms with Gasteiger partial charge in [0.15, 0.2) is 5.71 Å². The Balaban J connectivity index is 4.19. The van der Waals surface area contributed by atoms with Crippen LogP contribution in [0.2, 0.25) is 0 Å². The monoisotopic (exact) mass is 129 g/mol. The summed E-state index contributed by atoms with van der Waals surface area (Å²) in [6.45, 7) is 0. The van der Waals surface area contributed by atoms with Gasteiger partial charge in [0.05, 0.1) is 6.21 Å². The quantitative estimate of drug-likeness (QED) is 0.287. The van der Waals surface area contributed by atoms with Crippen LogP contribution in [-0.2, 0) is 4.79 Å². The molecular formula is C4H7N3O2. The van der Waals surface area contributed by atoms with Crippen LogP contribution in [-0.4, -0.2) is 30.0 Å². The minimum Gasteiger partial charge on any atom is -0.476 e. The lowest BCUT2D eigenvalue weighted by Gasteiger charge is -1.86. The molecule has 0 fully saturated rings. The molecule has 0 rings (SSSR count). The third-order valence-corrected chi connectivity index (χ3v) is 0.657. The van der Waals surface area contributed by atoms with Crippen molar-refractivity contribution < 1.29 is 9.90 Å². The van der Waals surface area contributed by atoms with E-state index in [1.54, 1.807) is 0 Å². The number of carboxylic acids is 1. The number of rotatable bonds is 2. The van der Waals surface area contributed by atoms with Gasteiger partial charge in [0.2, 0.25) is 0 Å². The van der Waals surface area contributed by atoms with Gasteiger partial charge in [-0.15, -0.1) is 0 Å². The fraction of sp³-hybridized carbons (Fsp3) is 0.250. The number of carbonyl (C=O) groups is 1. The molecule has 0 aromatic carbocycles. The highest BCUT2D eigenvalue weighted by molar-refractivity contribution is 6.58. The first-order valence-electron chi connectivity index (χ1n) is 2.15. The zero-order valence-electron chi connectivity index (χ0n) is 4.90. The lowest BCUT2D eigenvalue weighted by atomic mass is 10.4. The predicted octanol–water partition coefficient (Wildman–Crippen LogP) is -0.914. The summed E-state index contributed by atoms with van der Waals surface area (Å²) in [5.74, 6) is 3.54. The van der Waals surface area contributed by atoms with Gasteiger partial charge in [0.1, 0.15) is 0 Å². The van der Waals surface area contributed by atoms with Gasteiger partial charge >= 0.3 is 5.97 Å². The number of hydrogen-bond acceptors (Lipinski definition) is 4. The molecule has 0 aromatic rings. The van der Waals surface area contributed by atoms with Gasteiger partial charge in [0.25, 0.3) is 0 Å². The maximum atomic E-state index is 10.0. The highest BCUT2D eigenvalue weighted by Crippen LogP contribution is 1.71. The Morgan fingerprint density at radius 2 is 2.33 bits per heavy atom. The smallest absolute Gasteiger partial charge is 0.355 e. The second-order valence-electron chi connectivity index (χ2n) is 1.19. The molecule has 5 nitrogen and oxygen atoms in total. The van der Waals surface area contributed by atoms with Crippen molar-refractivity contribution in [2.75, 3.05) is 7.05 Å². The Hall–Kier alpha value is -1.39. The zero-order valence-corrected chi connectivity index (χ0v) is 4.90. The van der Waals surface area contributed by atoms with E-state index < -0.39 is 5.97 Å². The topological polar surface area (TPSA) is 88.0 Å². The van der Waals surface area contributed by atoms with Crippen LogP contribution >= 0.6 is 0 Å². The number of hydrazone groups is 1. The Morgan fingerprint density at radius 1 is 1.78 bits per heavy atom. The molecule has 5 heteroatoms. The van der Waals surface area contributed by atoms with Crippen LogP contribution in [0.1, 0.15) is 0 Å². The third kappa shape index (κ3) is 2.43. The number of hydrogen-bond donors (Lipinski definition) is 2. The van der Waals surface area contributed by atoms with Gasteiger partial charge < -0.3 is 10.9 Å². The molecule has 0 unspecified atom stereocenters. The lowest BCUT2D eigenvalue weighted by molar-refractivity contribution is -0.129. The van der Waals surface area contributed by atoms with Crippen molar-refractivity contribution in [1.82, 2.24) is 0 Å². The molecule has 0 atom stereocenters. The fourth-order valence-corrected chi connectivity index (χ4v) is 0.279. The molecule has 0 saturated carbocycles. The Bertz CT molecular complexity index is 161. The minimum absolute atomic E-state index is 0.155. The van der Waals surface area contributed by atoms with E-state index in [-0.39, 0.29) is 5.71 Å². The van der Waals surface area contributed by atoms with Crippen LogP contribution in [0.4, 0.5) is 0 Å². The van der Waals surface area contributed by atoms with Crippen molar-refractivity contribution in [3.05, 3.63) is 0 Å². The number of nitrogens with zero attached hydrogens (tertiary/aromatic N) is 2. The van der Waals surface area contributed by atoms with E-state index in [0.29, 0.717) is 0 Å². The normalized spacial score (nSPS) is 12.3. The van der Waals surface area contributed by atoms with Crippen molar-refractivity contribution in [1.29, 1.82) is 0 Å². The molecule has 0 aliphatic heterocycles. The van der Waals surface area contributed by atoms with Crippen LogP contribution in [0.3, 0.4) is 0 Å². The summed E-state index contributed by atoms with van der Waals surface area (Å²) in [4.78, 5) is 13.4. The minimum atomic E-state index is -1.13. The predicted molar refractivity (Wildman–Crippen MR) is 33.7 cm³/mol. The van der Waals surface area contributed by atoms with Gasteiger partial charge in [0, 0.05) is 7.05 Å². The van der Waals surface area contributed by atoms with E-state index in [1.165, 1.54) is 7.05 Å². The summed E-state index contributed by atoms with van der Waals surface area (Å²) >= 11 is 0. The number of carboxylic acid groups (broad SMARTS) is 1. The van der Waals surface area contributed by atoms with Crippen LogP contribution in [0.15, 0.2) is 10.1 Å². The summed E-state index contributed by atoms with van der Waals surface area (Å²) in [6, 6.07) is 0. The molecule has 0 spiro atoms. The zero-order chi connectivity index (χ0) is 7.28. The van der Waals surface area contributed by atoms with E-state index >= 15 is 0 Å². The van der Waals surface area contributed by atoms with E-state index in [4.69, 9.17) is 5.11 Å². The largest absolute Gasteiger partial charge is 0.476 e. The van der Waals surface area contributed by atoms with Gasteiger partial charge in [-0.2, -0.15) is 5.10 Å². The first-order chi connectivity index (χ1) is 4.22. The summed E-state index contributed by atoms with van der Waals surface area (Å²) in [7, 11) is 1.35. The van der Waals surface area contributed by atoms with Crippen molar-refractivity contribution in [3.8, 4) is 0 Å². The molecule has 0 aromatic heterocycles. The molecule has 9 heavy (non-hydrogen) atoms. The number of aliphatic imine (C=N–C) groups is 1. The summed E-state index contributed by atoms with van der Waals surface area (Å²) in [6.07, 6.45) is 0.975. The highest BCUT2D eigenvalue weighted by Gasteiger charge is 2.02. The highest BCUT2D eigenvalue weighted by atomic mass is 16.4. The molecule has 0 bridgehead atoms. The van der Waals surface area contributed by atoms with Gasteiger partial charge in [-0.3, -0.25) is 4.99 Å². The second-order valence-corrected chi connectivity index (χ2v) is 1.19. The van der Waals surface area contributed by atoms with Gasteiger partial charge in [-0.25, -0.2) is 4.79 Å². The maximum absolute atomic E-state index is 10.0. The number of aliphatic carboxylic acids is 1. The van der Waals surface area contributed by atoms with Crippen LogP contribution in [0.25, 0.3) is 0 Å². The van der Waals surface area contributed by atoms with Crippen LogP contribution < -0.4 is 5.84 Å². The van der Waals surface area contributed by atoms with E-state index in [1.807, 2.05) is 0 Å². The Morgan fingerprint density at radius 3 is 2.44 bits per heavy atom. The summed E-state index contributed by atoms with van der Waals surface area (Å²) < 4.78 is 0. The first kappa shape index (κ1) is 7.61. The Kier molecular flexibility index (Phi) is 3.04. The lowest BCUT2D eigenvalue weighted by Crippen LogP contribution is -2.14. The molecule has 0 aliphatic rings. The standard InChI is InChI=1S/C4H7N3O2/c1-6-3(2-7-5)4(8)9/h2H,5H2,1H3,(H,8,9)/b6-3?,7-2-. The molecular weight excluding hydrogens is 122 g/mol. The molecule has 3 N–H and O–H groups in total. The molecule has 0 saturated heterocycles. The van der Waals surface area contributed by atoms with Crippen LogP contribution in [0, 0.1) is 0 Å². The molecule has 50 valence electrons. The SMILES string of the molecule is CN=C(/C=N\N)C(=O)O. The average molecular weight is 129 g/mol. The molecule has 0 aliphatic carbocycles. The maximum Gasteiger partial charge on any atom is 0.355 e. The van der Waals surface area contributed by atoms with E-state index in [0.717, 1.165) is 6.21 Å². The second kappa shape index (κ2) is 3.59. The molecule has 0 radical (unpaired) electrons. The third-order valence-electron chi connectivity index (χ3n) is 0.657. The van der Waals surface area contributed by atoms with Gasteiger partial charge in [-0.05, 0) is 0 Å². The van der Waals surface area contributed by atoms with E-state index in [2.05, 4.69) is 15.9 Å². The number of nitrogens with two attached hydrogens (primary N) is 1. The van der Waals surface area contributed by atoms with Crippen LogP contribution in [0.5, 0.6) is 0 Å².